The molecule has 8 heteroatoms. The average Bonchev–Trinajstić information content (AvgIpc) is 2.48. The van der Waals surface area contributed by atoms with E-state index in [0.717, 1.165) is 0 Å². The molecule has 1 unspecified atom stereocenters. The van der Waals surface area contributed by atoms with Gasteiger partial charge in [0.15, 0.2) is 0 Å². The number of carbonyl (C=O) groups excluding carboxylic acids is 3. The topological polar surface area (TPSA) is 90.5 Å². The van der Waals surface area contributed by atoms with E-state index in [9.17, 15) is 14.4 Å². The van der Waals surface area contributed by atoms with Gasteiger partial charge >= 0.3 is 6.03 Å². The molecule has 1 aromatic carbocycles. The Kier molecular flexibility index (Phi) is 6.81. The third-order valence-corrected chi connectivity index (χ3v) is 3.28. The molecule has 1 atom stereocenters. The lowest BCUT2D eigenvalue weighted by atomic mass is 10.2. The van der Waals surface area contributed by atoms with Gasteiger partial charge in [0.1, 0.15) is 0 Å². The monoisotopic (exact) mass is 326 g/mol. The van der Waals surface area contributed by atoms with E-state index in [4.69, 9.17) is 11.6 Å². The molecule has 0 fully saturated rings. The number of likely N-dealkylation sites (N-methyl/N-ethyl adjacent to an activating group) is 1. The third kappa shape index (κ3) is 5.71. The quantitative estimate of drug-likeness (QED) is 0.754. The zero-order valence-electron chi connectivity index (χ0n) is 12.6. The van der Waals surface area contributed by atoms with Crippen LogP contribution in [0.1, 0.15) is 6.92 Å². The number of imide groups is 1. The number of benzene rings is 1. The Bertz CT molecular complexity index is 548. The molecule has 120 valence electrons. The van der Waals surface area contributed by atoms with Crippen molar-refractivity contribution in [1.82, 2.24) is 15.5 Å². The van der Waals surface area contributed by atoms with Crippen LogP contribution in [0, 0.1) is 0 Å². The van der Waals surface area contributed by atoms with Crippen LogP contribution in [0.4, 0.5) is 10.5 Å². The van der Waals surface area contributed by atoms with Crippen molar-refractivity contribution < 1.29 is 14.4 Å². The maximum Gasteiger partial charge on any atom is 0.321 e. The van der Waals surface area contributed by atoms with Crippen LogP contribution in [0.3, 0.4) is 0 Å². The van der Waals surface area contributed by atoms with Gasteiger partial charge in [-0.05, 0) is 38.2 Å². The molecule has 0 heterocycles. The highest BCUT2D eigenvalue weighted by Gasteiger charge is 2.21. The van der Waals surface area contributed by atoms with Gasteiger partial charge in [0.2, 0.25) is 11.8 Å². The van der Waals surface area contributed by atoms with E-state index in [2.05, 4.69) is 16.0 Å². The number of amides is 4. The molecule has 3 N–H and O–H groups in total. The summed E-state index contributed by atoms with van der Waals surface area (Å²) in [7, 11) is 3.03. The largest absolute Gasteiger partial charge is 0.341 e. The highest BCUT2D eigenvalue weighted by atomic mass is 35.5. The number of carbonyl (C=O) groups is 3. The molecular formula is C14H19ClN4O3. The van der Waals surface area contributed by atoms with Crippen molar-refractivity contribution in [2.75, 3.05) is 26.0 Å². The molecule has 0 bridgehead atoms. The Morgan fingerprint density at radius 3 is 2.36 bits per heavy atom. The second kappa shape index (κ2) is 8.35. The van der Waals surface area contributed by atoms with Crippen LogP contribution in [0.5, 0.6) is 0 Å². The van der Waals surface area contributed by atoms with Crippen molar-refractivity contribution >= 4 is 35.1 Å². The van der Waals surface area contributed by atoms with Crippen LogP contribution in [-0.4, -0.2) is 49.4 Å². The predicted octanol–water partition coefficient (Wildman–Crippen LogP) is 1.05. The lowest BCUT2D eigenvalue weighted by Gasteiger charge is -2.22. The summed E-state index contributed by atoms with van der Waals surface area (Å²) in [4.78, 5) is 36.3. The first-order valence-electron chi connectivity index (χ1n) is 6.61. The second-order valence-corrected chi connectivity index (χ2v) is 5.15. The Hall–Kier alpha value is -2.12. The minimum absolute atomic E-state index is 0.00492. The SMILES string of the molecule is CNC(=O)NC(=O)C(C)N(C)CC(=O)Nc1ccc(Cl)cc1. The standard InChI is InChI=1S/C14H19ClN4O3/c1-9(13(21)18-14(22)16-2)19(3)8-12(20)17-11-6-4-10(15)5-7-11/h4-7,9H,8H2,1-3H3,(H,17,20)(H2,16,18,21,22). The van der Waals surface area contributed by atoms with Gasteiger partial charge in [-0.3, -0.25) is 19.8 Å². The number of hydrogen-bond acceptors (Lipinski definition) is 4. The minimum Gasteiger partial charge on any atom is -0.341 e. The molecule has 4 amide bonds. The van der Waals surface area contributed by atoms with Gasteiger partial charge in [-0.15, -0.1) is 0 Å². The Labute approximate surface area is 134 Å². The highest BCUT2D eigenvalue weighted by Crippen LogP contribution is 2.13. The lowest BCUT2D eigenvalue weighted by molar-refractivity contribution is -0.125. The normalized spacial score (nSPS) is 11.7. The van der Waals surface area contributed by atoms with Crippen LogP contribution in [-0.2, 0) is 9.59 Å². The third-order valence-electron chi connectivity index (χ3n) is 3.03. The molecule has 0 radical (unpaired) electrons. The number of anilines is 1. The number of hydrogen-bond donors (Lipinski definition) is 3. The van der Waals surface area contributed by atoms with Crippen molar-refractivity contribution in [3.8, 4) is 0 Å². The average molecular weight is 327 g/mol. The van der Waals surface area contributed by atoms with Crippen LogP contribution in [0.15, 0.2) is 24.3 Å². The van der Waals surface area contributed by atoms with Gasteiger partial charge in [0.25, 0.3) is 0 Å². The highest BCUT2D eigenvalue weighted by molar-refractivity contribution is 6.30. The van der Waals surface area contributed by atoms with Gasteiger partial charge in [-0.1, -0.05) is 11.6 Å². The summed E-state index contributed by atoms with van der Waals surface area (Å²) in [6.07, 6.45) is 0. The molecule has 0 spiro atoms. The van der Waals surface area contributed by atoms with Crippen molar-refractivity contribution in [3.05, 3.63) is 29.3 Å². The molecule has 7 nitrogen and oxygen atoms in total. The van der Waals surface area contributed by atoms with Gasteiger partial charge in [0.05, 0.1) is 12.6 Å². The van der Waals surface area contributed by atoms with Gasteiger partial charge in [-0.2, -0.15) is 0 Å². The van der Waals surface area contributed by atoms with E-state index in [0.29, 0.717) is 10.7 Å². The molecular weight excluding hydrogens is 308 g/mol. The molecule has 0 aliphatic carbocycles. The molecule has 1 rings (SSSR count). The summed E-state index contributed by atoms with van der Waals surface area (Å²) in [6.45, 7) is 1.61. The first-order chi connectivity index (χ1) is 10.3. The maximum absolute atomic E-state index is 11.9. The fourth-order valence-corrected chi connectivity index (χ4v) is 1.70. The van der Waals surface area contributed by atoms with E-state index in [1.807, 2.05) is 0 Å². The summed E-state index contributed by atoms with van der Waals surface area (Å²) in [5, 5.41) is 7.72. The zero-order chi connectivity index (χ0) is 16.7. The lowest BCUT2D eigenvalue weighted by Crippen LogP contribution is -2.49. The second-order valence-electron chi connectivity index (χ2n) is 4.71. The summed E-state index contributed by atoms with van der Waals surface area (Å²) in [5.41, 5.74) is 0.616. The molecule has 0 aromatic heterocycles. The van der Waals surface area contributed by atoms with Crippen LogP contribution >= 0.6 is 11.6 Å². The van der Waals surface area contributed by atoms with Crippen molar-refractivity contribution in [2.45, 2.75) is 13.0 Å². The van der Waals surface area contributed by atoms with Crippen LogP contribution in [0.2, 0.25) is 5.02 Å². The zero-order valence-corrected chi connectivity index (χ0v) is 13.4. The Morgan fingerprint density at radius 1 is 1.23 bits per heavy atom. The molecule has 0 saturated carbocycles. The van der Waals surface area contributed by atoms with Crippen molar-refractivity contribution in [3.63, 3.8) is 0 Å². The maximum atomic E-state index is 11.9. The molecule has 0 aliphatic rings. The molecule has 22 heavy (non-hydrogen) atoms. The van der Waals surface area contributed by atoms with E-state index in [-0.39, 0.29) is 12.5 Å². The van der Waals surface area contributed by atoms with E-state index in [1.165, 1.54) is 11.9 Å². The molecule has 0 saturated heterocycles. The number of halogens is 1. The first kappa shape index (κ1) is 17.9. The summed E-state index contributed by atoms with van der Waals surface area (Å²) in [6, 6.07) is 5.48. The number of urea groups is 1. The molecule has 0 aliphatic heterocycles. The fraction of sp³-hybridized carbons (Fsp3) is 0.357. The van der Waals surface area contributed by atoms with Crippen molar-refractivity contribution in [1.29, 1.82) is 0 Å². The van der Waals surface area contributed by atoms with Gasteiger partial charge in [0, 0.05) is 17.8 Å². The van der Waals surface area contributed by atoms with Gasteiger partial charge in [-0.25, -0.2) is 4.79 Å². The van der Waals surface area contributed by atoms with E-state index in [1.54, 1.807) is 38.2 Å². The van der Waals surface area contributed by atoms with E-state index >= 15 is 0 Å². The number of nitrogens with zero attached hydrogens (tertiary/aromatic N) is 1. The fourth-order valence-electron chi connectivity index (χ4n) is 1.58. The Morgan fingerprint density at radius 2 is 1.82 bits per heavy atom. The van der Waals surface area contributed by atoms with Gasteiger partial charge < -0.3 is 10.6 Å². The summed E-state index contributed by atoms with van der Waals surface area (Å²) in [5.74, 6) is -0.759. The van der Waals surface area contributed by atoms with Crippen LogP contribution < -0.4 is 16.0 Å². The minimum atomic E-state index is -0.631. The predicted molar refractivity (Wildman–Crippen MR) is 84.8 cm³/mol. The smallest absolute Gasteiger partial charge is 0.321 e. The van der Waals surface area contributed by atoms with Crippen LogP contribution in [0.25, 0.3) is 0 Å². The first-order valence-corrected chi connectivity index (χ1v) is 6.99. The van der Waals surface area contributed by atoms with Crippen molar-refractivity contribution in [2.24, 2.45) is 0 Å². The molecule has 1 aromatic rings. The summed E-state index contributed by atoms with van der Waals surface area (Å²) >= 11 is 5.76. The van der Waals surface area contributed by atoms with E-state index < -0.39 is 18.0 Å². The Balaban J connectivity index is 2.50. The summed E-state index contributed by atoms with van der Waals surface area (Å²) < 4.78 is 0. The number of nitrogens with one attached hydrogen (secondary N) is 3. The number of rotatable bonds is 5.